The van der Waals surface area contributed by atoms with Crippen molar-refractivity contribution in [1.29, 1.82) is 5.26 Å². The van der Waals surface area contributed by atoms with E-state index in [0.717, 1.165) is 28.2 Å². The molecule has 0 spiro atoms. The molecular weight excluding hydrogens is 277 g/mol. The van der Waals surface area contributed by atoms with Crippen LogP contribution in [0.5, 0.6) is 0 Å². The molecule has 4 heteroatoms. The third-order valence-corrected chi connectivity index (χ3v) is 3.67. The number of aromatic nitrogens is 2. The molecule has 0 amide bonds. The summed E-state index contributed by atoms with van der Waals surface area (Å²) in [4.78, 5) is 0. The van der Waals surface area contributed by atoms with Crippen LogP contribution in [-0.2, 0) is 0 Å². The minimum absolute atomic E-state index is 0.251. The molecule has 108 valence electrons. The highest BCUT2D eigenvalue weighted by Gasteiger charge is 2.14. The van der Waals surface area contributed by atoms with E-state index in [4.69, 9.17) is 5.26 Å². The minimum atomic E-state index is -0.251. The minimum Gasteiger partial charge on any atom is -0.237 e. The van der Waals surface area contributed by atoms with Gasteiger partial charge in [-0.15, -0.1) is 0 Å². The van der Waals surface area contributed by atoms with Crippen molar-refractivity contribution in [3.63, 3.8) is 0 Å². The van der Waals surface area contributed by atoms with Crippen LogP contribution in [0.25, 0.3) is 16.8 Å². The lowest BCUT2D eigenvalue weighted by Gasteiger charge is -2.06. The van der Waals surface area contributed by atoms with E-state index in [9.17, 15) is 4.39 Å². The summed E-state index contributed by atoms with van der Waals surface area (Å²) >= 11 is 0. The highest BCUT2D eigenvalue weighted by Crippen LogP contribution is 2.28. The quantitative estimate of drug-likeness (QED) is 0.711. The lowest BCUT2D eigenvalue weighted by atomic mass is 10.0. The molecule has 0 unspecified atom stereocenters. The molecule has 0 fully saturated rings. The number of nitrogens with zero attached hydrogens (tertiary/aromatic N) is 3. The van der Waals surface area contributed by atoms with E-state index >= 15 is 0 Å². The zero-order chi connectivity index (χ0) is 15.7. The largest absolute Gasteiger partial charge is 0.237 e. The summed E-state index contributed by atoms with van der Waals surface area (Å²) < 4.78 is 14.9. The summed E-state index contributed by atoms with van der Waals surface area (Å²) in [5.74, 6) is -0.251. The van der Waals surface area contributed by atoms with Gasteiger partial charge >= 0.3 is 0 Å². The summed E-state index contributed by atoms with van der Waals surface area (Å²) in [6, 6.07) is 15.8. The van der Waals surface area contributed by atoms with Gasteiger partial charge in [-0.25, -0.2) is 9.07 Å². The molecule has 0 saturated carbocycles. The van der Waals surface area contributed by atoms with Crippen molar-refractivity contribution in [2.45, 2.75) is 13.8 Å². The summed E-state index contributed by atoms with van der Waals surface area (Å²) in [5, 5.41) is 13.4. The number of benzene rings is 2. The van der Waals surface area contributed by atoms with Gasteiger partial charge in [0, 0.05) is 11.3 Å². The highest BCUT2D eigenvalue weighted by atomic mass is 19.1. The predicted octanol–water partition coefficient (Wildman–Crippen LogP) is 4.17. The Morgan fingerprint density at radius 1 is 1.00 bits per heavy atom. The standard InChI is InChI=1S/C18H14FN3/c1-12-18(15-5-7-16(19)8-6-15)13(2)22(21-12)17-9-3-14(11-20)4-10-17/h3-10H,1-2H3. The van der Waals surface area contributed by atoms with E-state index in [2.05, 4.69) is 11.2 Å². The van der Waals surface area contributed by atoms with Gasteiger partial charge in [-0.1, -0.05) is 12.1 Å². The number of aryl methyl sites for hydroxylation is 1. The lowest BCUT2D eigenvalue weighted by molar-refractivity contribution is 0.628. The van der Waals surface area contributed by atoms with Crippen LogP contribution in [0.15, 0.2) is 48.5 Å². The first-order valence-corrected chi connectivity index (χ1v) is 6.93. The fourth-order valence-electron chi connectivity index (χ4n) is 2.61. The van der Waals surface area contributed by atoms with Crippen LogP contribution in [-0.4, -0.2) is 9.78 Å². The molecule has 0 aliphatic heterocycles. The monoisotopic (exact) mass is 291 g/mol. The van der Waals surface area contributed by atoms with Crippen LogP contribution in [0.2, 0.25) is 0 Å². The molecule has 0 aliphatic carbocycles. The summed E-state index contributed by atoms with van der Waals surface area (Å²) in [6.45, 7) is 3.92. The number of rotatable bonds is 2. The molecule has 0 radical (unpaired) electrons. The van der Waals surface area contributed by atoms with Crippen LogP contribution >= 0.6 is 0 Å². The molecule has 1 aromatic heterocycles. The first-order chi connectivity index (χ1) is 10.6. The van der Waals surface area contributed by atoms with Gasteiger partial charge in [0.2, 0.25) is 0 Å². The number of hydrogen-bond acceptors (Lipinski definition) is 2. The highest BCUT2D eigenvalue weighted by molar-refractivity contribution is 5.69. The smallest absolute Gasteiger partial charge is 0.123 e. The summed E-state index contributed by atoms with van der Waals surface area (Å²) in [5.41, 5.74) is 5.32. The van der Waals surface area contributed by atoms with Gasteiger partial charge in [0.15, 0.2) is 0 Å². The second-order valence-corrected chi connectivity index (χ2v) is 5.12. The van der Waals surface area contributed by atoms with Gasteiger partial charge in [-0.2, -0.15) is 10.4 Å². The maximum Gasteiger partial charge on any atom is 0.123 e. The van der Waals surface area contributed by atoms with Crippen molar-refractivity contribution < 1.29 is 4.39 Å². The molecule has 3 aromatic rings. The van der Waals surface area contributed by atoms with E-state index in [1.165, 1.54) is 12.1 Å². The van der Waals surface area contributed by atoms with Gasteiger partial charge < -0.3 is 0 Å². The Labute approximate surface area is 128 Å². The molecule has 0 N–H and O–H groups in total. The maximum absolute atomic E-state index is 13.1. The fourth-order valence-corrected chi connectivity index (χ4v) is 2.61. The van der Waals surface area contributed by atoms with Gasteiger partial charge in [-0.3, -0.25) is 0 Å². The van der Waals surface area contributed by atoms with E-state index in [1.54, 1.807) is 24.3 Å². The molecule has 0 saturated heterocycles. The van der Waals surface area contributed by atoms with Gasteiger partial charge in [-0.05, 0) is 55.8 Å². The number of hydrogen-bond donors (Lipinski definition) is 0. The first-order valence-electron chi connectivity index (χ1n) is 6.93. The lowest BCUT2D eigenvalue weighted by Crippen LogP contribution is -1.99. The predicted molar refractivity (Wildman–Crippen MR) is 83.1 cm³/mol. The Morgan fingerprint density at radius 3 is 2.23 bits per heavy atom. The second-order valence-electron chi connectivity index (χ2n) is 5.12. The molecule has 0 aliphatic rings. The van der Waals surface area contributed by atoms with Gasteiger partial charge in [0.05, 0.1) is 23.0 Å². The zero-order valence-electron chi connectivity index (χ0n) is 12.3. The summed E-state index contributed by atoms with van der Waals surface area (Å²) in [6.07, 6.45) is 0. The van der Waals surface area contributed by atoms with E-state index < -0.39 is 0 Å². The van der Waals surface area contributed by atoms with Gasteiger partial charge in [0.1, 0.15) is 5.82 Å². The third kappa shape index (κ3) is 2.38. The van der Waals surface area contributed by atoms with E-state index in [1.807, 2.05) is 30.7 Å². The van der Waals surface area contributed by atoms with Crippen molar-refractivity contribution in [3.05, 3.63) is 71.3 Å². The SMILES string of the molecule is Cc1nn(-c2ccc(C#N)cc2)c(C)c1-c1ccc(F)cc1. The fraction of sp³-hybridized carbons (Fsp3) is 0.111. The Kier molecular flexibility index (Phi) is 3.48. The average molecular weight is 291 g/mol. The normalized spacial score (nSPS) is 10.5. The number of halogens is 1. The molecule has 22 heavy (non-hydrogen) atoms. The second kappa shape index (κ2) is 5.45. The Bertz CT molecular complexity index is 853. The molecule has 3 rings (SSSR count). The average Bonchev–Trinajstić information content (AvgIpc) is 2.83. The molecular formula is C18H14FN3. The molecule has 3 nitrogen and oxygen atoms in total. The van der Waals surface area contributed by atoms with Crippen molar-refractivity contribution >= 4 is 0 Å². The first kappa shape index (κ1) is 14.0. The van der Waals surface area contributed by atoms with E-state index in [-0.39, 0.29) is 5.82 Å². The molecule has 2 aromatic carbocycles. The van der Waals surface area contributed by atoms with Gasteiger partial charge in [0.25, 0.3) is 0 Å². The topological polar surface area (TPSA) is 41.6 Å². The Balaban J connectivity index is 2.10. The summed E-state index contributed by atoms with van der Waals surface area (Å²) in [7, 11) is 0. The van der Waals surface area contributed by atoms with Crippen molar-refractivity contribution in [1.82, 2.24) is 9.78 Å². The molecule has 0 bridgehead atoms. The van der Waals surface area contributed by atoms with Crippen LogP contribution in [0.1, 0.15) is 17.0 Å². The van der Waals surface area contributed by atoms with Crippen LogP contribution in [0.4, 0.5) is 4.39 Å². The van der Waals surface area contributed by atoms with Crippen molar-refractivity contribution in [2.24, 2.45) is 0 Å². The van der Waals surface area contributed by atoms with Crippen LogP contribution in [0, 0.1) is 31.0 Å². The molecule has 1 heterocycles. The Hall–Kier alpha value is -2.93. The zero-order valence-corrected chi connectivity index (χ0v) is 12.3. The van der Waals surface area contributed by atoms with Crippen molar-refractivity contribution in [3.8, 4) is 22.9 Å². The van der Waals surface area contributed by atoms with Crippen molar-refractivity contribution in [2.75, 3.05) is 0 Å². The van der Waals surface area contributed by atoms with E-state index in [0.29, 0.717) is 5.56 Å². The maximum atomic E-state index is 13.1. The molecule has 0 atom stereocenters. The third-order valence-electron chi connectivity index (χ3n) is 3.67. The van der Waals surface area contributed by atoms with Crippen LogP contribution < -0.4 is 0 Å². The van der Waals surface area contributed by atoms with Crippen LogP contribution in [0.3, 0.4) is 0 Å². The number of nitriles is 1. The Morgan fingerprint density at radius 2 is 1.64 bits per heavy atom.